The van der Waals surface area contributed by atoms with Crippen LogP contribution in [0.3, 0.4) is 0 Å². The van der Waals surface area contributed by atoms with Crippen LogP contribution < -0.4 is 9.47 Å². The molecule has 0 aliphatic carbocycles. The van der Waals surface area contributed by atoms with Crippen LogP contribution in [0.1, 0.15) is 23.9 Å². The zero-order chi connectivity index (χ0) is 13.5. The van der Waals surface area contributed by atoms with Gasteiger partial charge in [0.1, 0.15) is 11.5 Å². The van der Waals surface area contributed by atoms with Gasteiger partial charge in [0.05, 0.1) is 12.9 Å². The van der Waals surface area contributed by atoms with Crippen LogP contribution in [-0.2, 0) is 0 Å². The van der Waals surface area contributed by atoms with Gasteiger partial charge in [-0.1, -0.05) is 6.92 Å². The number of Topliss-reactive ketones (excluding diaryl/α,β-unsaturated/α-hetero) is 1. The summed E-state index contributed by atoms with van der Waals surface area (Å²) in [5.41, 5.74) is 0. The summed E-state index contributed by atoms with van der Waals surface area (Å²) in [6, 6.07) is 10.5. The summed E-state index contributed by atoms with van der Waals surface area (Å²) in [5, 5.41) is 0. The third-order valence-electron chi connectivity index (χ3n) is 2.46. The van der Waals surface area contributed by atoms with E-state index >= 15 is 0 Å². The van der Waals surface area contributed by atoms with E-state index in [1.54, 1.807) is 24.3 Å². The molecule has 0 N–H and O–H groups in total. The molecule has 0 unspecified atom stereocenters. The van der Waals surface area contributed by atoms with Crippen molar-refractivity contribution in [1.82, 2.24) is 0 Å². The number of hydrogen-bond acceptors (Lipinski definition) is 4. The SMILES string of the molecule is CCCOc1ccc(OCC(=O)c2ccco2)cc1. The summed E-state index contributed by atoms with van der Waals surface area (Å²) < 4.78 is 15.8. The van der Waals surface area contributed by atoms with Gasteiger partial charge >= 0.3 is 0 Å². The molecule has 0 radical (unpaired) electrons. The molecule has 100 valence electrons. The number of benzene rings is 1. The first-order chi connectivity index (χ1) is 9.29. The highest BCUT2D eigenvalue weighted by molar-refractivity contribution is 5.94. The van der Waals surface area contributed by atoms with Crippen molar-refractivity contribution in [3.8, 4) is 11.5 Å². The third kappa shape index (κ3) is 3.88. The van der Waals surface area contributed by atoms with E-state index in [2.05, 4.69) is 6.92 Å². The second kappa shape index (κ2) is 6.64. The standard InChI is InChI=1S/C15H16O4/c1-2-9-17-12-5-7-13(8-6-12)19-11-14(16)15-4-3-10-18-15/h3-8,10H,2,9,11H2,1H3. The predicted molar refractivity (Wildman–Crippen MR) is 70.8 cm³/mol. The molecule has 2 aromatic rings. The maximum atomic E-state index is 11.6. The summed E-state index contributed by atoms with van der Waals surface area (Å²) >= 11 is 0. The Bertz CT molecular complexity index is 499. The van der Waals surface area contributed by atoms with Gasteiger partial charge < -0.3 is 13.9 Å². The summed E-state index contributed by atoms with van der Waals surface area (Å²) in [4.78, 5) is 11.6. The minimum atomic E-state index is -0.184. The topological polar surface area (TPSA) is 48.7 Å². The number of furan rings is 1. The lowest BCUT2D eigenvalue weighted by Crippen LogP contribution is -2.10. The van der Waals surface area contributed by atoms with Gasteiger partial charge in [0.25, 0.3) is 0 Å². The molecular formula is C15H16O4. The fourth-order valence-electron chi connectivity index (χ4n) is 1.51. The minimum Gasteiger partial charge on any atom is -0.494 e. The van der Waals surface area contributed by atoms with E-state index in [1.807, 2.05) is 12.1 Å². The molecule has 0 spiro atoms. The quantitative estimate of drug-likeness (QED) is 0.716. The highest BCUT2D eigenvalue weighted by atomic mass is 16.5. The average Bonchev–Trinajstić information content (AvgIpc) is 2.98. The molecule has 0 aliphatic heterocycles. The van der Waals surface area contributed by atoms with E-state index in [1.165, 1.54) is 6.26 Å². The average molecular weight is 260 g/mol. The number of ketones is 1. The van der Waals surface area contributed by atoms with E-state index in [-0.39, 0.29) is 12.4 Å². The molecule has 0 atom stereocenters. The van der Waals surface area contributed by atoms with Crippen LogP contribution in [0.2, 0.25) is 0 Å². The van der Waals surface area contributed by atoms with Crippen LogP contribution >= 0.6 is 0 Å². The number of carbonyl (C=O) groups excluding carboxylic acids is 1. The maximum Gasteiger partial charge on any atom is 0.235 e. The lowest BCUT2D eigenvalue weighted by atomic mass is 10.3. The molecule has 0 bridgehead atoms. The first-order valence-corrected chi connectivity index (χ1v) is 6.22. The van der Waals surface area contributed by atoms with Gasteiger partial charge in [-0.3, -0.25) is 4.79 Å². The molecule has 1 heterocycles. The largest absolute Gasteiger partial charge is 0.494 e. The van der Waals surface area contributed by atoms with Gasteiger partial charge in [0.2, 0.25) is 5.78 Å². The fraction of sp³-hybridized carbons (Fsp3) is 0.267. The number of carbonyl (C=O) groups is 1. The molecule has 0 amide bonds. The first-order valence-electron chi connectivity index (χ1n) is 6.22. The Kier molecular flexibility index (Phi) is 4.61. The lowest BCUT2D eigenvalue weighted by Gasteiger charge is -2.07. The zero-order valence-corrected chi connectivity index (χ0v) is 10.8. The lowest BCUT2D eigenvalue weighted by molar-refractivity contribution is 0.0893. The van der Waals surface area contributed by atoms with E-state index < -0.39 is 0 Å². The highest BCUT2D eigenvalue weighted by Crippen LogP contribution is 2.18. The predicted octanol–water partition coefficient (Wildman–Crippen LogP) is 3.33. The van der Waals surface area contributed by atoms with Crippen LogP contribution in [0.25, 0.3) is 0 Å². The van der Waals surface area contributed by atoms with Crippen molar-refractivity contribution < 1.29 is 18.7 Å². The van der Waals surface area contributed by atoms with Crippen LogP contribution in [0.15, 0.2) is 47.1 Å². The molecule has 4 heteroatoms. The Balaban J connectivity index is 1.84. The smallest absolute Gasteiger partial charge is 0.235 e. The van der Waals surface area contributed by atoms with E-state index in [0.29, 0.717) is 18.1 Å². The van der Waals surface area contributed by atoms with Gasteiger partial charge in [-0.15, -0.1) is 0 Å². The molecule has 19 heavy (non-hydrogen) atoms. The van der Waals surface area contributed by atoms with E-state index in [9.17, 15) is 4.79 Å². The Morgan fingerprint density at radius 3 is 2.37 bits per heavy atom. The zero-order valence-electron chi connectivity index (χ0n) is 10.8. The van der Waals surface area contributed by atoms with Crippen molar-refractivity contribution in [2.75, 3.05) is 13.2 Å². The normalized spacial score (nSPS) is 10.2. The molecule has 1 aromatic carbocycles. The van der Waals surface area contributed by atoms with Crippen molar-refractivity contribution in [2.45, 2.75) is 13.3 Å². The first kappa shape index (κ1) is 13.2. The minimum absolute atomic E-state index is 0.0390. The van der Waals surface area contributed by atoms with Crippen molar-refractivity contribution in [1.29, 1.82) is 0 Å². The van der Waals surface area contributed by atoms with Gasteiger partial charge in [0, 0.05) is 0 Å². The number of rotatable bonds is 7. The van der Waals surface area contributed by atoms with Crippen LogP contribution in [-0.4, -0.2) is 19.0 Å². The Labute approximate surface area is 111 Å². The van der Waals surface area contributed by atoms with Crippen molar-refractivity contribution >= 4 is 5.78 Å². The number of ether oxygens (including phenoxy) is 2. The third-order valence-corrected chi connectivity index (χ3v) is 2.46. The van der Waals surface area contributed by atoms with Gasteiger partial charge in [-0.05, 0) is 42.8 Å². The van der Waals surface area contributed by atoms with Crippen LogP contribution in [0.4, 0.5) is 0 Å². The van der Waals surface area contributed by atoms with Crippen molar-refractivity contribution in [3.63, 3.8) is 0 Å². The van der Waals surface area contributed by atoms with Gasteiger partial charge in [-0.25, -0.2) is 0 Å². The van der Waals surface area contributed by atoms with Gasteiger partial charge in [0.15, 0.2) is 12.4 Å². The molecular weight excluding hydrogens is 244 g/mol. The molecule has 4 nitrogen and oxygen atoms in total. The van der Waals surface area contributed by atoms with Crippen LogP contribution in [0, 0.1) is 0 Å². The molecule has 2 rings (SSSR count). The van der Waals surface area contributed by atoms with E-state index in [4.69, 9.17) is 13.9 Å². The molecule has 0 aliphatic rings. The maximum absolute atomic E-state index is 11.6. The molecule has 0 fully saturated rings. The Morgan fingerprint density at radius 2 is 1.79 bits per heavy atom. The van der Waals surface area contributed by atoms with E-state index in [0.717, 1.165) is 12.2 Å². The Morgan fingerprint density at radius 1 is 1.11 bits per heavy atom. The van der Waals surface area contributed by atoms with Gasteiger partial charge in [-0.2, -0.15) is 0 Å². The van der Waals surface area contributed by atoms with Crippen molar-refractivity contribution in [2.24, 2.45) is 0 Å². The van der Waals surface area contributed by atoms with Crippen LogP contribution in [0.5, 0.6) is 11.5 Å². The summed E-state index contributed by atoms with van der Waals surface area (Å²) in [5.74, 6) is 1.55. The summed E-state index contributed by atoms with van der Waals surface area (Å²) in [6.45, 7) is 2.71. The summed E-state index contributed by atoms with van der Waals surface area (Å²) in [6.07, 6.45) is 2.43. The second-order valence-electron chi connectivity index (χ2n) is 4.01. The summed E-state index contributed by atoms with van der Waals surface area (Å²) in [7, 11) is 0. The van der Waals surface area contributed by atoms with Crippen molar-refractivity contribution in [3.05, 3.63) is 48.4 Å². The Hall–Kier alpha value is -2.23. The monoisotopic (exact) mass is 260 g/mol. The number of hydrogen-bond donors (Lipinski definition) is 0. The molecule has 0 saturated heterocycles. The molecule has 1 aromatic heterocycles. The highest BCUT2D eigenvalue weighted by Gasteiger charge is 2.09. The fourth-order valence-corrected chi connectivity index (χ4v) is 1.51. The molecule has 0 saturated carbocycles. The second-order valence-corrected chi connectivity index (χ2v) is 4.01.